The molecule has 3 nitrogen and oxygen atoms in total. The Morgan fingerprint density at radius 1 is 1.60 bits per heavy atom. The van der Waals surface area contributed by atoms with E-state index in [9.17, 15) is 4.79 Å². The molecule has 1 atom stereocenters. The molecule has 1 amide bonds. The Hall–Kier alpha value is -0.900. The molecule has 1 unspecified atom stereocenters. The van der Waals surface area contributed by atoms with Crippen molar-refractivity contribution >= 4 is 21.8 Å². The van der Waals surface area contributed by atoms with Crippen LogP contribution in [0.1, 0.15) is 31.5 Å². The number of amides is 1. The van der Waals surface area contributed by atoms with E-state index >= 15 is 0 Å². The van der Waals surface area contributed by atoms with Gasteiger partial charge in [0.05, 0.1) is 11.7 Å². The number of halogens is 1. The zero-order valence-electron chi connectivity index (χ0n) is 8.61. The van der Waals surface area contributed by atoms with Crippen molar-refractivity contribution in [2.24, 2.45) is 0 Å². The number of pyridine rings is 1. The predicted octanol–water partition coefficient (Wildman–Crippen LogP) is 2.53. The van der Waals surface area contributed by atoms with Gasteiger partial charge in [0.25, 0.3) is 0 Å². The molecule has 0 aromatic carbocycles. The van der Waals surface area contributed by atoms with Crippen LogP contribution < -0.4 is 0 Å². The average Bonchev–Trinajstić information content (AvgIpc) is 2.65. The van der Waals surface area contributed by atoms with E-state index < -0.39 is 0 Å². The summed E-state index contributed by atoms with van der Waals surface area (Å²) in [7, 11) is 0. The van der Waals surface area contributed by atoms with Crippen LogP contribution in [0.25, 0.3) is 0 Å². The number of nitrogens with zero attached hydrogens (tertiary/aromatic N) is 2. The Bertz CT molecular complexity index is 381. The van der Waals surface area contributed by atoms with E-state index in [1.165, 1.54) is 0 Å². The van der Waals surface area contributed by atoms with Crippen LogP contribution in [0.3, 0.4) is 0 Å². The molecule has 1 aromatic rings. The molecule has 4 heteroatoms. The third kappa shape index (κ3) is 2.20. The summed E-state index contributed by atoms with van der Waals surface area (Å²) >= 11 is 3.35. The van der Waals surface area contributed by atoms with Crippen molar-refractivity contribution in [3.8, 4) is 0 Å². The molecule has 1 fully saturated rings. The smallest absolute Gasteiger partial charge is 0.220 e. The second kappa shape index (κ2) is 4.31. The molecule has 1 aliphatic rings. The van der Waals surface area contributed by atoms with Gasteiger partial charge < -0.3 is 4.90 Å². The molecule has 1 aromatic heterocycles. The minimum atomic E-state index is 0.138. The van der Waals surface area contributed by atoms with Gasteiger partial charge in [-0.25, -0.2) is 4.98 Å². The van der Waals surface area contributed by atoms with Crippen LogP contribution in [0, 0.1) is 0 Å². The minimum absolute atomic E-state index is 0.138. The number of hydrogen-bond donors (Lipinski definition) is 0. The SMILES string of the molecule is CC(=O)N1CCCC1c1cccc(Br)n1. The monoisotopic (exact) mass is 268 g/mol. The highest BCUT2D eigenvalue weighted by Crippen LogP contribution is 2.31. The Kier molecular flexibility index (Phi) is 3.05. The van der Waals surface area contributed by atoms with E-state index in [4.69, 9.17) is 0 Å². The molecule has 0 N–H and O–H groups in total. The first-order chi connectivity index (χ1) is 7.18. The van der Waals surface area contributed by atoms with Crippen molar-refractivity contribution in [3.05, 3.63) is 28.5 Å². The summed E-state index contributed by atoms with van der Waals surface area (Å²) in [4.78, 5) is 17.7. The normalized spacial score (nSPS) is 20.7. The van der Waals surface area contributed by atoms with Gasteiger partial charge in [-0.15, -0.1) is 0 Å². The van der Waals surface area contributed by atoms with Crippen molar-refractivity contribution in [3.63, 3.8) is 0 Å². The minimum Gasteiger partial charge on any atom is -0.334 e. The van der Waals surface area contributed by atoms with E-state index in [2.05, 4.69) is 20.9 Å². The van der Waals surface area contributed by atoms with Crippen LogP contribution in [0.2, 0.25) is 0 Å². The fourth-order valence-corrected chi connectivity index (χ4v) is 2.42. The van der Waals surface area contributed by atoms with Crippen LogP contribution in [0.15, 0.2) is 22.8 Å². The number of aromatic nitrogens is 1. The molecule has 80 valence electrons. The van der Waals surface area contributed by atoms with Gasteiger partial charge in [-0.05, 0) is 40.9 Å². The molecule has 2 rings (SSSR count). The lowest BCUT2D eigenvalue weighted by Crippen LogP contribution is -2.28. The first-order valence-corrected chi connectivity index (χ1v) is 5.87. The summed E-state index contributed by atoms with van der Waals surface area (Å²) in [5, 5.41) is 0. The van der Waals surface area contributed by atoms with Gasteiger partial charge in [0, 0.05) is 13.5 Å². The quantitative estimate of drug-likeness (QED) is 0.734. The zero-order valence-corrected chi connectivity index (χ0v) is 10.2. The fraction of sp³-hybridized carbons (Fsp3) is 0.455. The summed E-state index contributed by atoms with van der Waals surface area (Å²) in [6, 6.07) is 6.01. The lowest BCUT2D eigenvalue weighted by atomic mass is 10.1. The number of rotatable bonds is 1. The Labute approximate surface area is 97.6 Å². The molecule has 0 radical (unpaired) electrons. The summed E-state index contributed by atoms with van der Waals surface area (Å²) in [5.74, 6) is 0.138. The maximum absolute atomic E-state index is 11.4. The largest absolute Gasteiger partial charge is 0.334 e. The number of carbonyl (C=O) groups excluding carboxylic acids is 1. The number of likely N-dealkylation sites (tertiary alicyclic amines) is 1. The molecule has 0 bridgehead atoms. The highest BCUT2D eigenvalue weighted by molar-refractivity contribution is 9.10. The first-order valence-electron chi connectivity index (χ1n) is 5.08. The van der Waals surface area contributed by atoms with Gasteiger partial charge in [0.2, 0.25) is 5.91 Å². The molecule has 15 heavy (non-hydrogen) atoms. The average molecular weight is 269 g/mol. The zero-order chi connectivity index (χ0) is 10.8. The highest BCUT2D eigenvalue weighted by Gasteiger charge is 2.28. The predicted molar refractivity (Wildman–Crippen MR) is 61.3 cm³/mol. The molecule has 0 aliphatic carbocycles. The van der Waals surface area contributed by atoms with Gasteiger partial charge >= 0.3 is 0 Å². The molecule has 0 saturated carbocycles. The fourth-order valence-electron chi connectivity index (χ4n) is 2.06. The third-order valence-corrected chi connectivity index (χ3v) is 3.18. The Balaban J connectivity index is 2.26. The van der Waals surface area contributed by atoms with Crippen molar-refractivity contribution in [1.29, 1.82) is 0 Å². The van der Waals surface area contributed by atoms with Gasteiger partial charge in [-0.1, -0.05) is 6.07 Å². The standard InChI is InChI=1S/C11H13BrN2O/c1-8(15)14-7-3-5-10(14)9-4-2-6-11(12)13-9/h2,4,6,10H,3,5,7H2,1H3. The Morgan fingerprint density at radius 2 is 2.40 bits per heavy atom. The second-order valence-corrected chi connectivity index (χ2v) is 4.57. The topological polar surface area (TPSA) is 33.2 Å². The van der Waals surface area contributed by atoms with Gasteiger partial charge in [-0.3, -0.25) is 4.79 Å². The highest BCUT2D eigenvalue weighted by atomic mass is 79.9. The summed E-state index contributed by atoms with van der Waals surface area (Å²) < 4.78 is 0.829. The lowest BCUT2D eigenvalue weighted by Gasteiger charge is -2.22. The van der Waals surface area contributed by atoms with Crippen molar-refractivity contribution in [1.82, 2.24) is 9.88 Å². The maximum Gasteiger partial charge on any atom is 0.220 e. The number of carbonyl (C=O) groups is 1. The molecular weight excluding hydrogens is 256 g/mol. The first kappa shape index (κ1) is 10.6. The Morgan fingerprint density at radius 3 is 3.07 bits per heavy atom. The van der Waals surface area contributed by atoms with Gasteiger partial charge in [0.15, 0.2) is 0 Å². The van der Waals surface area contributed by atoms with Crippen LogP contribution in [-0.2, 0) is 4.79 Å². The van der Waals surface area contributed by atoms with E-state index in [0.717, 1.165) is 29.7 Å². The molecule has 1 aliphatic heterocycles. The van der Waals surface area contributed by atoms with Gasteiger partial charge in [-0.2, -0.15) is 0 Å². The van der Waals surface area contributed by atoms with Crippen LogP contribution >= 0.6 is 15.9 Å². The van der Waals surface area contributed by atoms with E-state index in [1.54, 1.807) is 6.92 Å². The van der Waals surface area contributed by atoms with E-state index in [-0.39, 0.29) is 11.9 Å². The maximum atomic E-state index is 11.4. The van der Waals surface area contributed by atoms with E-state index in [0.29, 0.717) is 0 Å². The second-order valence-electron chi connectivity index (χ2n) is 3.76. The van der Waals surface area contributed by atoms with E-state index in [1.807, 2.05) is 23.1 Å². The third-order valence-electron chi connectivity index (χ3n) is 2.74. The van der Waals surface area contributed by atoms with Crippen LogP contribution in [0.5, 0.6) is 0 Å². The van der Waals surface area contributed by atoms with Crippen molar-refractivity contribution in [2.45, 2.75) is 25.8 Å². The van der Waals surface area contributed by atoms with Crippen molar-refractivity contribution < 1.29 is 4.79 Å². The molecule has 2 heterocycles. The van der Waals surface area contributed by atoms with Gasteiger partial charge in [0.1, 0.15) is 4.60 Å². The summed E-state index contributed by atoms with van der Waals surface area (Å²) in [6.45, 7) is 2.48. The molecule has 0 spiro atoms. The van der Waals surface area contributed by atoms with Crippen molar-refractivity contribution in [2.75, 3.05) is 6.54 Å². The lowest BCUT2D eigenvalue weighted by molar-refractivity contribution is -0.129. The summed E-state index contributed by atoms with van der Waals surface area (Å²) in [6.07, 6.45) is 2.08. The van der Waals surface area contributed by atoms with Crippen LogP contribution in [0.4, 0.5) is 0 Å². The number of hydrogen-bond acceptors (Lipinski definition) is 2. The molecule has 1 saturated heterocycles. The summed E-state index contributed by atoms with van der Waals surface area (Å²) in [5.41, 5.74) is 0.983. The van der Waals surface area contributed by atoms with Crippen LogP contribution in [-0.4, -0.2) is 22.3 Å². The molecular formula is C11H13BrN2O.